The van der Waals surface area contributed by atoms with Gasteiger partial charge in [0.1, 0.15) is 0 Å². The van der Waals surface area contributed by atoms with Crippen LogP contribution in [0.2, 0.25) is 0 Å². The number of unbranched alkanes of at least 4 members (excludes halogenated alkanes) is 1. The largest absolute Gasteiger partial charge is 0.309 e. The Morgan fingerprint density at radius 2 is 2.16 bits per heavy atom. The Labute approximate surface area is 114 Å². The average Bonchev–Trinajstić information content (AvgIpc) is 2.35. The Hall–Kier alpha value is -1.49. The predicted octanol–water partition coefficient (Wildman–Crippen LogP) is 3.27. The summed E-state index contributed by atoms with van der Waals surface area (Å²) in [6, 6.07) is 0.404. The van der Waals surface area contributed by atoms with Crippen LogP contribution in [0.4, 0.5) is 5.69 Å². The molecule has 0 spiro atoms. The molecule has 0 amide bonds. The summed E-state index contributed by atoms with van der Waals surface area (Å²) in [4.78, 5) is 15.0. The number of nitrogens with one attached hydrogen (secondary N) is 1. The van der Waals surface area contributed by atoms with Crippen LogP contribution >= 0.6 is 0 Å². The van der Waals surface area contributed by atoms with Gasteiger partial charge in [-0.2, -0.15) is 0 Å². The summed E-state index contributed by atoms with van der Waals surface area (Å²) in [7, 11) is 0. The fraction of sp³-hybridized carbons (Fsp3) is 0.643. The van der Waals surface area contributed by atoms with Crippen LogP contribution in [-0.4, -0.2) is 15.9 Å². The SMILES string of the molecule is CCCCC(C)NCc1ncc(C)c([N+](=O)[O-])c1C. The highest BCUT2D eigenvalue weighted by atomic mass is 16.6. The van der Waals surface area contributed by atoms with Crippen molar-refractivity contribution in [3.05, 3.63) is 33.1 Å². The number of hydrogen-bond donors (Lipinski definition) is 1. The molecule has 0 aliphatic heterocycles. The van der Waals surface area contributed by atoms with Crippen LogP contribution in [0.5, 0.6) is 0 Å². The molecule has 0 aromatic carbocycles. The van der Waals surface area contributed by atoms with Gasteiger partial charge in [0.2, 0.25) is 0 Å². The number of aryl methyl sites for hydroxylation is 1. The maximum Gasteiger partial charge on any atom is 0.278 e. The zero-order valence-corrected chi connectivity index (χ0v) is 12.2. The van der Waals surface area contributed by atoms with Gasteiger partial charge in [-0.3, -0.25) is 15.1 Å². The normalized spacial score (nSPS) is 12.4. The van der Waals surface area contributed by atoms with Crippen LogP contribution in [-0.2, 0) is 6.54 Å². The smallest absolute Gasteiger partial charge is 0.278 e. The van der Waals surface area contributed by atoms with E-state index in [0.717, 1.165) is 12.1 Å². The number of hydrogen-bond acceptors (Lipinski definition) is 4. The van der Waals surface area contributed by atoms with Gasteiger partial charge in [-0.15, -0.1) is 0 Å². The molecule has 1 atom stereocenters. The monoisotopic (exact) mass is 265 g/mol. The molecule has 106 valence electrons. The van der Waals surface area contributed by atoms with E-state index in [9.17, 15) is 10.1 Å². The van der Waals surface area contributed by atoms with Gasteiger partial charge in [0.25, 0.3) is 5.69 Å². The van der Waals surface area contributed by atoms with Crippen molar-refractivity contribution in [3.63, 3.8) is 0 Å². The van der Waals surface area contributed by atoms with Crippen molar-refractivity contribution in [2.45, 2.75) is 59.5 Å². The van der Waals surface area contributed by atoms with Crippen molar-refractivity contribution >= 4 is 5.69 Å². The first-order valence-corrected chi connectivity index (χ1v) is 6.80. The first-order chi connectivity index (χ1) is 8.97. The van der Waals surface area contributed by atoms with Gasteiger partial charge in [-0.25, -0.2) is 0 Å². The highest BCUT2D eigenvalue weighted by Gasteiger charge is 2.18. The van der Waals surface area contributed by atoms with Crippen LogP contribution in [0, 0.1) is 24.0 Å². The predicted molar refractivity (Wildman–Crippen MR) is 76.2 cm³/mol. The van der Waals surface area contributed by atoms with Gasteiger partial charge < -0.3 is 5.32 Å². The van der Waals surface area contributed by atoms with Crippen LogP contribution in [0.1, 0.15) is 49.9 Å². The summed E-state index contributed by atoms with van der Waals surface area (Å²) in [5.41, 5.74) is 2.24. The summed E-state index contributed by atoms with van der Waals surface area (Å²) >= 11 is 0. The van der Waals surface area contributed by atoms with E-state index in [-0.39, 0.29) is 10.6 Å². The molecule has 5 nitrogen and oxygen atoms in total. The van der Waals surface area contributed by atoms with Crippen molar-refractivity contribution in [2.75, 3.05) is 0 Å². The third-order valence-electron chi connectivity index (χ3n) is 3.37. The number of aromatic nitrogens is 1. The molecule has 1 aromatic heterocycles. The molecule has 0 fully saturated rings. The molecule has 1 N–H and O–H groups in total. The second-order valence-corrected chi connectivity index (χ2v) is 5.04. The van der Waals surface area contributed by atoms with Crippen LogP contribution in [0.15, 0.2) is 6.20 Å². The van der Waals surface area contributed by atoms with Crippen LogP contribution < -0.4 is 5.32 Å². The minimum absolute atomic E-state index is 0.188. The lowest BCUT2D eigenvalue weighted by Gasteiger charge is -2.14. The van der Waals surface area contributed by atoms with Crippen molar-refractivity contribution in [1.29, 1.82) is 0 Å². The highest BCUT2D eigenvalue weighted by molar-refractivity contribution is 5.47. The minimum atomic E-state index is -0.323. The highest BCUT2D eigenvalue weighted by Crippen LogP contribution is 2.23. The van der Waals surface area contributed by atoms with Gasteiger partial charge in [0, 0.05) is 29.9 Å². The third kappa shape index (κ3) is 4.28. The van der Waals surface area contributed by atoms with E-state index in [1.54, 1.807) is 20.0 Å². The number of nitrogens with zero attached hydrogens (tertiary/aromatic N) is 2. The van der Waals surface area contributed by atoms with E-state index in [2.05, 4.69) is 24.1 Å². The molecule has 5 heteroatoms. The Balaban J connectivity index is 2.74. The summed E-state index contributed by atoms with van der Waals surface area (Å²) in [6.45, 7) is 8.37. The maximum absolute atomic E-state index is 11.0. The molecule has 0 aliphatic rings. The molecule has 0 bridgehead atoms. The van der Waals surface area contributed by atoms with Crippen LogP contribution in [0.25, 0.3) is 0 Å². The van der Waals surface area contributed by atoms with Crippen molar-refractivity contribution in [1.82, 2.24) is 10.3 Å². The van der Waals surface area contributed by atoms with E-state index in [1.807, 2.05) is 0 Å². The molecular weight excluding hydrogens is 242 g/mol. The molecule has 1 heterocycles. The lowest BCUT2D eigenvalue weighted by Crippen LogP contribution is -2.26. The second-order valence-electron chi connectivity index (χ2n) is 5.04. The Morgan fingerprint density at radius 3 is 2.74 bits per heavy atom. The zero-order chi connectivity index (χ0) is 14.4. The fourth-order valence-corrected chi connectivity index (χ4v) is 2.11. The molecule has 0 radical (unpaired) electrons. The molecule has 19 heavy (non-hydrogen) atoms. The summed E-state index contributed by atoms with van der Waals surface area (Å²) < 4.78 is 0. The molecule has 1 unspecified atom stereocenters. The number of nitro groups is 1. The average molecular weight is 265 g/mol. The minimum Gasteiger partial charge on any atom is -0.309 e. The van der Waals surface area contributed by atoms with E-state index >= 15 is 0 Å². The Morgan fingerprint density at radius 1 is 1.47 bits per heavy atom. The molecule has 1 rings (SSSR count). The first-order valence-electron chi connectivity index (χ1n) is 6.80. The van der Waals surface area contributed by atoms with Gasteiger partial charge in [-0.05, 0) is 27.2 Å². The zero-order valence-electron chi connectivity index (χ0n) is 12.2. The van der Waals surface area contributed by atoms with E-state index in [4.69, 9.17) is 0 Å². The molecule has 0 saturated heterocycles. The maximum atomic E-state index is 11.0. The molecule has 1 aromatic rings. The van der Waals surface area contributed by atoms with E-state index in [0.29, 0.717) is 23.7 Å². The van der Waals surface area contributed by atoms with Gasteiger partial charge in [-0.1, -0.05) is 19.8 Å². The third-order valence-corrected chi connectivity index (χ3v) is 3.37. The number of rotatable bonds is 7. The van der Waals surface area contributed by atoms with Gasteiger partial charge >= 0.3 is 0 Å². The Kier molecular flexibility index (Phi) is 5.89. The molecule has 0 saturated carbocycles. The van der Waals surface area contributed by atoms with E-state index in [1.165, 1.54) is 12.8 Å². The van der Waals surface area contributed by atoms with Crippen molar-refractivity contribution in [2.24, 2.45) is 0 Å². The summed E-state index contributed by atoms with van der Waals surface area (Å²) in [5.74, 6) is 0. The summed E-state index contributed by atoms with van der Waals surface area (Å²) in [6.07, 6.45) is 5.07. The lowest BCUT2D eigenvalue weighted by molar-refractivity contribution is -0.386. The van der Waals surface area contributed by atoms with E-state index < -0.39 is 0 Å². The standard InChI is InChI=1S/C14H23N3O2/c1-5-6-7-11(3)15-9-13-12(4)14(17(18)19)10(2)8-16-13/h8,11,15H,5-7,9H2,1-4H3. The fourth-order valence-electron chi connectivity index (χ4n) is 2.11. The summed E-state index contributed by atoms with van der Waals surface area (Å²) in [5, 5.41) is 14.4. The van der Waals surface area contributed by atoms with Crippen molar-refractivity contribution < 1.29 is 4.92 Å². The van der Waals surface area contributed by atoms with Crippen LogP contribution in [0.3, 0.4) is 0 Å². The number of pyridine rings is 1. The quantitative estimate of drug-likeness (QED) is 0.607. The van der Waals surface area contributed by atoms with Gasteiger partial charge in [0.05, 0.1) is 10.6 Å². The molecular formula is C14H23N3O2. The first kappa shape index (κ1) is 15.6. The van der Waals surface area contributed by atoms with Gasteiger partial charge in [0.15, 0.2) is 0 Å². The second kappa shape index (κ2) is 7.19. The topological polar surface area (TPSA) is 68.1 Å². The Bertz CT molecular complexity index is 447. The lowest BCUT2D eigenvalue weighted by atomic mass is 10.1. The van der Waals surface area contributed by atoms with Crippen molar-refractivity contribution in [3.8, 4) is 0 Å². The molecule has 0 aliphatic carbocycles.